The Kier molecular flexibility index (Phi) is 3.77. The Balaban J connectivity index is 1.87. The summed E-state index contributed by atoms with van der Waals surface area (Å²) in [5, 5.41) is 10.00. The molecule has 0 bridgehead atoms. The van der Waals surface area contributed by atoms with Gasteiger partial charge >= 0.3 is 0 Å². The van der Waals surface area contributed by atoms with Crippen molar-refractivity contribution in [2.45, 2.75) is 31.7 Å². The summed E-state index contributed by atoms with van der Waals surface area (Å²) in [5.74, 6) is 0. The van der Waals surface area contributed by atoms with Gasteiger partial charge < -0.3 is 0 Å². The Morgan fingerprint density at radius 2 is 2.26 bits per heavy atom. The van der Waals surface area contributed by atoms with E-state index in [1.54, 1.807) is 11.3 Å². The van der Waals surface area contributed by atoms with Gasteiger partial charge in [0.1, 0.15) is 5.01 Å². The summed E-state index contributed by atoms with van der Waals surface area (Å²) < 4.78 is 1.27. The number of thiazole rings is 1. The predicted octanol–water partition coefficient (Wildman–Crippen LogP) is 3.74. The summed E-state index contributed by atoms with van der Waals surface area (Å²) in [4.78, 5) is 7.22. The molecule has 1 aromatic carbocycles. The standard InChI is InChI=1S/C15H17N3S/c16-9-5-11-18-10-4-3-7-13(18)15-17-12-6-1-2-8-14(12)19-15/h1-2,6,8,13H,3-5,7,10-11H2/t13-/m1/s1. The van der Waals surface area contributed by atoms with E-state index in [1.165, 1.54) is 29.0 Å². The van der Waals surface area contributed by atoms with Crippen LogP contribution in [0.25, 0.3) is 10.2 Å². The van der Waals surface area contributed by atoms with Crippen LogP contribution >= 0.6 is 11.3 Å². The first-order chi connectivity index (χ1) is 9.38. The van der Waals surface area contributed by atoms with E-state index in [9.17, 15) is 0 Å². The number of nitriles is 1. The van der Waals surface area contributed by atoms with Crippen molar-refractivity contribution in [3.63, 3.8) is 0 Å². The van der Waals surface area contributed by atoms with E-state index in [2.05, 4.69) is 29.2 Å². The molecule has 1 aliphatic rings. The van der Waals surface area contributed by atoms with E-state index in [-0.39, 0.29) is 0 Å². The van der Waals surface area contributed by atoms with Gasteiger partial charge in [0.25, 0.3) is 0 Å². The Hall–Kier alpha value is -1.44. The molecule has 0 radical (unpaired) electrons. The molecule has 0 N–H and O–H groups in total. The lowest BCUT2D eigenvalue weighted by Crippen LogP contribution is -2.34. The molecule has 1 atom stereocenters. The molecule has 1 saturated heterocycles. The fourth-order valence-corrected chi connectivity index (χ4v) is 3.90. The number of nitrogens with zero attached hydrogens (tertiary/aromatic N) is 3. The Labute approximate surface area is 117 Å². The number of aromatic nitrogens is 1. The molecule has 4 heteroatoms. The van der Waals surface area contributed by atoms with Gasteiger partial charge in [-0.25, -0.2) is 4.98 Å². The van der Waals surface area contributed by atoms with Crippen LogP contribution in [0.1, 0.15) is 36.7 Å². The van der Waals surface area contributed by atoms with Gasteiger partial charge in [-0.2, -0.15) is 5.26 Å². The second kappa shape index (κ2) is 5.68. The fourth-order valence-electron chi connectivity index (χ4n) is 2.76. The zero-order valence-electron chi connectivity index (χ0n) is 10.9. The number of fused-ring (bicyclic) bond motifs is 1. The first-order valence-corrected chi connectivity index (χ1v) is 7.66. The largest absolute Gasteiger partial charge is 0.293 e. The van der Waals surface area contributed by atoms with Crippen molar-refractivity contribution in [1.29, 1.82) is 5.26 Å². The second-order valence-electron chi connectivity index (χ2n) is 4.98. The third-order valence-corrected chi connectivity index (χ3v) is 4.86. The van der Waals surface area contributed by atoms with Gasteiger partial charge in [-0.15, -0.1) is 11.3 Å². The maximum Gasteiger partial charge on any atom is 0.111 e. The summed E-state index contributed by atoms with van der Waals surface area (Å²) in [6, 6.07) is 11.0. The summed E-state index contributed by atoms with van der Waals surface area (Å²) in [7, 11) is 0. The molecule has 98 valence electrons. The van der Waals surface area contributed by atoms with Gasteiger partial charge in [0.2, 0.25) is 0 Å². The molecular weight excluding hydrogens is 254 g/mol. The highest BCUT2D eigenvalue weighted by atomic mass is 32.1. The molecule has 1 aromatic heterocycles. The van der Waals surface area contributed by atoms with Crippen LogP contribution in [-0.2, 0) is 0 Å². The van der Waals surface area contributed by atoms with Crippen LogP contribution in [0.4, 0.5) is 0 Å². The van der Waals surface area contributed by atoms with Gasteiger partial charge in [-0.05, 0) is 31.5 Å². The topological polar surface area (TPSA) is 39.9 Å². The normalized spacial score (nSPS) is 20.5. The minimum Gasteiger partial charge on any atom is -0.293 e. The number of rotatable bonds is 3. The molecule has 0 amide bonds. The summed E-state index contributed by atoms with van der Waals surface area (Å²) >= 11 is 1.81. The van der Waals surface area contributed by atoms with Crippen LogP contribution in [0.3, 0.4) is 0 Å². The number of benzene rings is 1. The highest BCUT2D eigenvalue weighted by Crippen LogP contribution is 2.35. The molecule has 1 fully saturated rings. The molecule has 0 saturated carbocycles. The number of hydrogen-bond acceptors (Lipinski definition) is 4. The average molecular weight is 271 g/mol. The molecule has 0 aliphatic carbocycles. The molecule has 3 nitrogen and oxygen atoms in total. The van der Waals surface area contributed by atoms with Crippen LogP contribution in [0.2, 0.25) is 0 Å². The van der Waals surface area contributed by atoms with Gasteiger partial charge in [0, 0.05) is 13.0 Å². The highest BCUT2D eigenvalue weighted by molar-refractivity contribution is 7.18. The maximum atomic E-state index is 8.78. The molecular formula is C15H17N3S. The lowest BCUT2D eigenvalue weighted by molar-refractivity contribution is 0.152. The first-order valence-electron chi connectivity index (χ1n) is 6.85. The summed E-state index contributed by atoms with van der Waals surface area (Å²) in [5.41, 5.74) is 1.10. The monoisotopic (exact) mass is 271 g/mol. The van der Waals surface area contributed by atoms with Crippen molar-refractivity contribution in [1.82, 2.24) is 9.88 Å². The van der Waals surface area contributed by atoms with E-state index in [4.69, 9.17) is 10.2 Å². The zero-order valence-corrected chi connectivity index (χ0v) is 11.7. The minimum absolute atomic E-state index is 0.416. The molecule has 2 heterocycles. The lowest BCUT2D eigenvalue weighted by atomic mass is 10.0. The Morgan fingerprint density at radius 3 is 3.11 bits per heavy atom. The lowest BCUT2D eigenvalue weighted by Gasteiger charge is -2.33. The fraction of sp³-hybridized carbons (Fsp3) is 0.467. The van der Waals surface area contributed by atoms with Crippen molar-refractivity contribution in [2.75, 3.05) is 13.1 Å². The zero-order chi connectivity index (χ0) is 13.1. The second-order valence-corrected chi connectivity index (χ2v) is 6.04. The Bertz CT molecular complexity index is 566. The van der Waals surface area contributed by atoms with E-state index >= 15 is 0 Å². The smallest absolute Gasteiger partial charge is 0.111 e. The van der Waals surface area contributed by atoms with Crippen molar-refractivity contribution >= 4 is 21.6 Å². The first kappa shape index (κ1) is 12.6. The van der Waals surface area contributed by atoms with Gasteiger partial charge in [0.05, 0.1) is 22.3 Å². The predicted molar refractivity (Wildman–Crippen MR) is 78.0 cm³/mol. The third-order valence-electron chi connectivity index (χ3n) is 3.72. The highest BCUT2D eigenvalue weighted by Gasteiger charge is 2.26. The van der Waals surface area contributed by atoms with E-state index in [1.807, 2.05) is 6.07 Å². The van der Waals surface area contributed by atoms with Gasteiger partial charge in [-0.1, -0.05) is 18.6 Å². The molecule has 1 aliphatic heterocycles. The third kappa shape index (κ3) is 2.63. The van der Waals surface area contributed by atoms with E-state index < -0.39 is 0 Å². The molecule has 2 aromatic rings. The summed E-state index contributed by atoms with van der Waals surface area (Å²) in [6.07, 6.45) is 4.29. The Morgan fingerprint density at radius 1 is 1.37 bits per heavy atom. The van der Waals surface area contributed by atoms with Crippen molar-refractivity contribution in [3.05, 3.63) is 29.3 Å². The van der Waals surface area contributed by atoms with Crippen molar-refractivity contribution in [3.8, 4) is 6.07 Å². The quantitative estimate of drug-likeness (QED) is 0.853. The van der Waals surface area contributed by atoms with Crippen LogP contribution in [0.15, 0.2) is 24.3 Å². The SMILES string of the molecule is N#CCCN1CCCC[C@@H]1c1nc2ccccc2s1. The number of piperidine rings is 1. The van der Waals surface area contributed by atoms with Gasteiger partial charge in [-0.3, -0.25) is 4.90 Å². The molecule has 0 unspecified atom stereocenters. The average Bonchev–Trinajstić information content (AvgIpc) is 2.89. The number of para-hydroxylation sites is 1. The minimum atomic E-state index is 0.416. The molecule has 0 spiro atoms. The maximum absolute atomic E-state index is 8.78. The van der Waals surface area contributed by atoms with Crippen molar-refractivity contribution < 1.29 is 0 Å². The van der Waals surface area contributed by atoms with Crippen LogP contribution in [0.5, 0.6) is 0 Å². The summed E-state index contributed by atoms with van der Waals surface area (Å²) in [6.45, 7) is 1.97. The van der Waals surface area contributed by atoms with Crippen molar-refractivity contribution in [2.24, 2.45) is 0 Å². The number of likely N-dealkylation sites (tertiary alicyclic amines) is 1. The van der Waals surface area contributed by atoms with Gasteiger partial charge in [0.15, 0.2) is 0 Å². The van der Waals surface area contributed by atoms with Crippen LogP contribution in [-0.4, -0.2) is 23.0 Å². The number of hydrogen-bond donors (Lipinski definition) is 0. The van der Waals surface area contributed by atoms with Crippen LogP contribution < -0.4 is 0 Å². The van der Waals surface area contributed by atoms with Crippen LogP contribution in [0, 0.1) is 11.3 Å². The molecule has 3 rings (SSSR count). The molecule has 19 heavy (non-hydrogen) atoms. The van der Waals surface area contributed by atoms with E-state index in [0.717, 1.165) is 18.6 Å². The van der Waals surface area contributed by atoms with E-state index in [0.29, 0.717) is 12.5 Å².